The van der Waals surface area contributed by atoms with Crippen LogP contribution in [-0.4, -0.2) is 39.6 Å². The molecule has 1 amide bonds. The molecule has 0 atom stereocenters. The van der Waals surface area contributed by atoms with Crippen molar-refractivity contribution >= 4 is 34.5 Å². The second-order valence-corrected chi connectivity index (χ2v) is 6.17. The number of carbonyl (C=O) groups excluding carboxylic acids is 1. The lowest BCUT2D eigenvalue weighted by Gasteiger charge is -2.07. The summed E-state index contributed by atoms with van der Waals surface area (Å²) in [6, 6.07) is 4.73. The molecule has 0 spiro atoms. The third kappa shape index (κ3) is 4.22. The number of rotatable bonds is 6. The zero-order valence-electron chi connectivity index (χ0n) is 12.7. The van der Waals surface area contributed by atoms with Crippen molar-refractivity contribution in [2.24, 2.45) is 7.05 Å². The number of nitrogens with zero attached hydrogens (tertiary/aromatic N) is 1. The number of nitrogens with one attached hydrogen (secondary N) is 1. The molecule has 1 aromatic carbocycles. The molecule has 5 nitrogen and oxygen atoms in total. The lowest BCUT2D eigenvalue weighted by atomic mass is 10.1. The number of aromatic nitrogens is 1. The van der Waals surface area contributed by atoms with Crippen molar-refractivity contribution in [2.75, 3.05) is 18.1 Å². The number of aliphatic carboxylic acids is 1. The van der Waals surface area contributed by atoms with Gasteiger partial charge in [-0.25, -0.2) is 0 Å². The van der Waals surface area contributed by atoms with Gasteiger partial charge in [0, 0.05) is 30.2 Å². The summed E-state index contributed by atoms with van der Waals surface area (Å²) in [5.41, 5.74) is -0.00131. The number of hydrogen-bond donors (Lipinski definition) is 2. The fourth-order valence-electron chi connectivity index (χ4n) is 2.23. The van der Waals surface area contributed by atoms with Crippen LogP contribution in [0.1, 0.15) is 16.1 Å². The van der Waals surface area contributed by atoms with Gasteiger partial charge in [0.05, 0.1) is 11.3 Å². The summed E-state index contributed by atoms with van der Waals surface area (Å²) in [4.78, 5) is 22.5. The van der Waals surface area contributed by atoms with Gasteiger partial charge in [0.15, 0.2) is 0 Å². The van der Waals surface area contributed by atoms with Gasteiger partial charge in [0.1, 0.15) is 5.69 Å². The van der Waals surface area contributed by atoms with Gasteiger partial charge < -0.3 is 15.0 Å². The van der Waals surface area contributed by atoms with E-state index in [2.05, 4.69) is 5.32 Å². The van der Waals surface area contributed by atoms with Crippen LogP contribution in [0.2, 0.25) is 0 Å². The Balaban J connectivity index is 2.10. The molecule has 0 unspecified atom stereocenters. The SMILES string of the molecule is Cn1c(C(=O)NCCSCC(=O)O)cc2cc(C(F)(F)F)ccc21. The van der Waals surface area contributed by atoms with Crippen LogP contribution in [0.15, 0.2) is 24.3 Å². The van der Waals surface area contributed by atoms with Gasteiger partial charge in [0.2, 0.25) is 0 Å². The number of halogens is 3. The summed E-state index contributed by atoms with van der Waals surface area (Å²) >= 11 is 1.17. The largest absolute Gasteiger partial charge is 0.481 e. The molecule has 0 bridgehead atoms. The molecular formula is C15H15F3N2O3S. The van der Waals surface area contributed by atoms with Gasteiger partial charge in [-0.05, 0) is 24.3 Å². The zero-order chi connectivity index (χ0) is 17.9. The van der Waals surface area contributed by atoms with E-state index >= 15 is 0 Å². The Bertz CT molecular complexity index is 771. The lowest BCUT2D eigenvalue weighted by molar-refractivity contribution is -0.137. The van der Waals surface area contributed by atoms with E-state index in [1.165, 1.54) is 28.5 Å². The van der Waals surface area contributed by atoms with Crippen molar-refractivity contribution in [3.63, 3.8) is 0 Å². The van der Waals surface area contributed by atoms with E-state index in [1.54, 1.807) is 7.05 Å². The van der Waals surface area contributed by atoms with Crippen LogP contribution in [-0.2, 0) is 18.0 Å². The normalized spacial score (nSPS) is 11.7. The molecular weight excluding hydrogens is 345 g/mol. The number of alkyl halides is 3. The van der Waals surface area contributed by atoms with Gasteiger partial charge in [0.25, 0.3) is 5.91 Å². The van der Waals surface area contributed by atoms with Crippen LogP contribution in [0, 0.1) is 0 Å². The molecule has 0 fully saturated rings. The van der Waals surface area contributed by atoms with E-state index < -0.39 is 23.6 Å². The predicted molar refractivity (Wildman–Crippen MR) is 85.2 cm³/mol. The average molecular weight is 360 g/mol. The quantitative estimate of drug-likeness (QED) is 0.777. The Morgan fingerprint density at radius 1 is 1.29 bits per heavy atom. The topological polar surface area (TPSA) is 71.3 Å². The number of carbonyl (C=O) groups is 2. The molecule has 2 rings (SSSR count). The first-order chi connectivity index (χ1) is 11.2. The van der Waals surface area contributed by atoms with E-state index in [1.807, 2.05) is 0 Å². The first-order valence-electron chi connectivity index (χ1n) is 6.94. The lowest BCUT2D eigenvalue weighted by Crippen LogP contribution is -2.27. The molecule has 9 heteroatoms. The van der Waals surface area contributed by atoms with Crippen molar-refractivity contribution in [1.82, 2.24) is 9.88 Å². The number of aryl methyl sites for hydroxylation is 1. The van der Waals surface area contributed by atoms with Crippen LogP contribution in [0.4, 0.5) is 13.2 Å². The summed E-state index contributed by atoms with van der Waals surface area (Å²) < 4.78 is 39.8. The number of carboxylic acids is 1. The van der Waals surface area contributed by atoms with Gasteiger partial charge in [-0.3, -0.25) is 9.59 Å². The minimum Gasteiger partial charge on any atom is -0.481 e. The second kappa shape index (κ2) is 7.16. The smallest absolute Gasteiger partial charge is 0.416 e. The Morgan fingerprint density at radius 2 is 2.00 bits per heavy atom. The molecule has 130 valence electrons. The van der Waals surface area contributed by atoms with Gasteiger partial charge in [-0.2, -0.15) is 13.2 Å². The highest BCUT2D eigenvalue weighted by Gasteiger charge is 2.30. The number of fused-ring (bicyclic) bond motifs is 1. The second-order valence-electron chi connectivity index (χ2n) is 5.06. The highest BCUT2D eigenvalue weighted by Crippen LogP contribution is 2.32. The van der Waals surface area contributed by atoms with E-state index in [0.717, 1.165) is 12.1 Å². The first-order valence-corrected chi connectivity index (χ1v) is 8.10. The number of carboxylic acid groups (broad SMARTS) is 1. The molecule has 0 aliphatic rings. The highest BCUT2D eigenvalue weighted by molar-refractivity contribution is 7.99. The predicted octanol–water partition coefficient (Wildman–Crippen LogP) is 2.74. The molecule has 0 radical (unpaired) electrons. The summed E-state index contributed by atoms with van der Waals surface area (Å²) in [5.74, 6) is -0.969. The third-order valence-corrected chi connectivity index (χ3v) is 4.30. The summed E-state index contributed by atoms with van der Waals surface area (Å²) in [6.07, 6.45) is -4.44. The monoisotopic (exact) mass is 360 g/mol. The Kier molecular flexibility index (Phi) is 5.43. The Hall–Kier alpha value is -2.16. The van der Waals surface area contributed by atoms with Crippen LogP contribution >= 0.6 is 11.8 Å². The minimum absolute atomic E-state index is 0.0515. The molecule has 0 aliphatic carbocycles. The number of hydrogen-bond acceptors (Lipinski definition) is 3. The van der Waals surface area contributed by atoms with Gasteiger partial charge >= 0.3 is 12.1 Å². The molecule has 2 aromatic rings. The van der Waals surface area contributed by atoms with Crippen molar-refractivity contribution < 1.29 is 27.9 Å². The average Bonchev–Trinajstić information content (AvgIpc) is 2.82. The summed E-state index contributed by atoms with van der Waals surface area (Å²) in [7, 11) is 1.60. The Labute approximate surface area is 139 Å². The van der Waals surface area contributed by atoms with Crippen molar-refractivity contribution in [3.8, 4) is 0 Å². The maximum Gasteiger partial charge on any atom is 0.416 e. The van der Waals surface area contributed by atoms with E-state index in [4.69, 9.17) is 5.11 Å². The molecule has 2 N–H and O–H groups in total. The molecule has 1 aromatic heterocycles. The fourth-order valence-corrected chi connectivity index (χ4v) is 2.80. The van der Waals surface area contributed by atoms with Crippen molar-refractivity contribution in [1.29, 1.82) is 0 Å². The number of benzene rings is 1. The van der Waals surface area contributed by atoms with Crippen LogP contribution < -0.4 is 5.32 Å². The minimum atomic E-state index is -4.44. The maximum atomic E-state index is 12.7. The molecule has 0 saturated heterocycles. The van der Waals surface area contributed by atoms with E-state index in [-0.39, 0.29) is 18.0 Å². The van der Waals surface area contributed by atoms with Crippen LogP contribution in [0.3, 0.4) is 0 Å². The molecule has 24 heavy (non-hydrogen) atoms. The molecule has 0 aliphatic heterocycles. The van der Waals surface area contributed by atoms with Gasteiger partial charge in [-0.15, -0.1) is 11.8 Å². The maximum absolute atomic E-state index is 12.7. The Morgan fingerprint density at radius 3 is 2.62 bits per heavy atom. The van der Waals surface area contributed by atoms with Crippen LogP contribution in [0.5, 0.6) is 0 Å². The highest BCUT2D eigenvalue weighted by atomic mass is 32.2. The van der Waals surface area contributed by atoms with Gasteiger partial charge in [-0.1, -0.05) is 0 Å². The first kappa shape index (κ1) is 18.2. The summed E-state index contributed by atoms with van der Waals surface area (Å²) in [6.45, 7) is 0.270. The summed E-state index contributed by atoms with van der Waals surface area (Å²) in [5, 5.41) is 11.5. The molecule has 0 saturated carbocycles. The number of amides is 1. The third-order valence-electron chi connectivity index (χ3n) is 3.36. The van der Waals surface area contributed by atoms with E-state index in [0.29, 0.717) is 16.7 Å². The van der Waals surface area contributed by atoms with Crippen LogP contribution in [0.25, 0.3) is 10.9 Å². The zero-order valence-corrected chi connectivity index (χ0v) is 13.5. The van der Waals surface area contributed by atoms with E-state index in [9.17, 15) is 22.8 Å². The standard InChI is InChI=1S/C15H15F3N2O3S/c1-20-11-3-2-10(15(16,17)18)6-9(11)7-12(20)14(23)19-4-5-24-8-13(21)22/h2-3,6-7H,4-5,8H2,1H3,(H,19,23)(H,21,22). The van der Waals surface area contributed by atoms with Crippen molar-refractivity contribution in [2.45, 2.75) is 6.18 Å². The van der Waals surface area contributed by atoms with Crippen molar-refractivity contribution in [3.05, 3.63) is 35.5 Å². The fraction of sp³-hybridized carbons (Fsp3) is 0.333. The number of thioether (sulfide) groups is 1. The molecule has 1 heterocycles.